The second-order valence-electron chi connectivity index (χ2n) is 7.08. The zero-order valence-corrected chi connectivity index (χ0v) is 16.4. The Morgan fingerprint density at radius 3 is 2.77 bits per heavy atom. The second kappa shape index (κ2) is 8.70. The topological polar surface area (TPSA) is 87.5 Å². The van der Waals surface area contributed by atoms with Crippen molar-refractivity contribution in [1.82, 2.24) is 15.2 Å². The lowest BCUT2D eigenvalue weighted by Gasteiger charge is -2.44. The number of pyridine rings is 1. The highest BCUT2D eigenvalue weighted by atomic mass is 19.1. The molecule has 160 valence electrons. The highest BCUT2D eigenvalue weighted by molar-refractivity contribution is 5.78. The number of nitrogens with one attached hydrogen (secondary N) is 2. The quantitative estimate of drug-likeness (QED) is 0.438. The number of carbonyl (C=O) groups excluding carboxylic acids is 1. The molecular formula is C20H21F3N4O3. The average Bonchev–Trinajstić information content (AvgIpc) is 2.71. The average molecular weight is 422 g/mol. The first-order valence-electron chi connectivity index (χ1n) is 9.13. The molecule has 7 nitrogen and oxygen atoms in total. The third kappa shape index (κ3) is 4.09. The van der Waals surface area contributed by atoms with E-state index < -0.39 is 40.5 Å². The zero-order chi connectivity index (χ0) is 21.9. The van der Waals surface area contributed by atoms with Crippen molar-refractivity contribution in [2.75, 3.05) is 27.3 Å². The van der Waals surface area contributed by atoms with Crippen LogP contribution in [0.25, 0.3) is 0 Å². The summed E-state index contributed by atoms with van der Waals surface area (Å²) in [5.74, 6) is -4.69. The molecule has 3 rings (SSSR count). The fraction of sp³-hybridized carbons (Fsp3) is 0.350. The Morgan fingerprint density at radius 1 is 1.33 bits per heavy atom. The molecule has 1 aliphatic rings. The van der Waals surface area contributed by atoms with Gasteiger partial charge in [0.05, 0.1) is 6.61 Å². The summed E-state index contributed by atoms with van der Waals surface area (Å²) in [6.07, 6.45) is 2.18. The summed E-state index contributed by atoms with van der Waals surface area (Å²) in [4.78, 5) is 17.0. The number of aromatic nitrogens is 1. The SMILES string of the molecule is CN(C)C(=N)NC1(c2cc(Oc3ncccc3F)c(F)cc2F)COCCC1C=O. The van der Waals surface area contributed by atoms with E-state index in [2.05, 4.69) is 10.3 Å². The molecule has 2 heterocycles. The Bertz CT molecular complexity index is 957. The van der Waals surface area contributed by atoms with Crippen molar-refractivity contribution in [3.05, 3.63) is 53.5 Å². The van der Waals surface area contributed by atoms with Crippen molar-refractivity contribution in [1.29, 1.82) is 5.41 Å². The molecule has 1 aromatic heterocycles. The lowest BCUT2D eigenvalue weighted by atomic mass is 9.75. The van der Waals surface area contributed by atoms with Gasteiger partial charge in [-0.25, -0.2) is 18.2 Å². The number of hydrogen-bond acceptors (Lipinski definition) is 5. The first-order valence-corrected chi connectivity index (χ1v) is 9.13. The molecule has 2 aromatic rings. The maximum Gasteiger partial charge on any atom is 0.255 e. The van der Waals surface area contributed by atoms with Crippen LogP contribution in [0.1, 0.15) is 12.0 Å². The predicted molar refractivity (Wildman–Crippen MR) is 102 cm³/mol. The fourth-order valence-corrected chi connectivity index (χ4v) is 3.28. The Morgan fingerprint density at radius 2 is 2.10 bits per heavy atom. The number of nitrogens with zero attached hydrogens (tertiary/aromatic N) is 2. The van der Waals surface area contributed by atoms with Crippen LogP contribution in [-0.2, 0) is 15.1 Å². The maximum atomic E-state index is 15.0. The van der Waals surface area contributed by atoms with Gasteiger partial charge in [0.15, 0.2) is 23.3 Å². The number of hydrogen-bond donors (Lipinski definition) is 2. The van der Waals surface area contributed by atoms with Gasteiger partial charge in [-0.2, -0.15) is 0 Å². The number of rotatable bonds is 5. The number of benzene rings is 1. The maximum absolute atomic E-state index is 15.0. The van der Waals surface area contributed by atoms with Gasteiger partial charge in [0.2, 0.25) is 0 Å². The first kappa shape index (κ1) is 21.6. The number of ether oxygens (including phenoxy) is 2. The summed E-state index contributed by atoms with van der Waals surface area (Å²) in [6.45, 7) is 0.125. The molecular weight excluding hydrogens is 401 g/mol. The molecule has 0 radical (unpaired) electrons. The summed E-state index contributed by atoms with van der Waals surface area (Å²) in [5, 5.41) is 11.0. The summed E-state index contributed by atoms with van der Waals surface area (Å²) in [5.41, 5.74) is -1.63. The Kier molecular flexibility index (Phi) is 6.25. The molecule has 1 fully saturated rings. The van der Waals surface area contributed by atoms with Crippen molar-refractivity contribution < 1.29 is 27.4 Å². The summed E-state index contributed by atoms with van der Waals surface area (Å²) in [6, 6.07) is 4.06. The van der Waals surface area contributed by atoms with E-state index in [-0.39, 0.29) is 31.2 Å². The minimum Gasteiger partial charge on any atom is -0.433 e. The van der Waals surface area contributed by atoms with E-state index in [1.54, 1.807) is 14.1 Å². The van der Waals surface area contributed by atoms with Gasteiger partial charge in [0.1, 0.15) is 17.6 Å². The molecule has 0 aliphatic carbocycles. The van der Waals surface area contributed by atoms with Gasteiger partial charge in [-0.3, -0.25) is 5.41 Å². The van der Waals surface area contributed by atoms with E-state index in [4.69, 9.17) is 14.9 Å². The number of carbonyl (C=O) groups is 1. The molecule has 0 saturated carbocycles. The summed E-state index contributed by atoms with van der Waals surface area (Å²) >= 11 is 0. The van der Waals surface area contributed by atoms with E-state index in [9.17, 15) is 18.0 Å². The van der Waals surface area contributed by atoms with E-state index >= 15 is 0 Å². The molecule has 0 amide bonds. The zero-order valence-electron chi connectivity index (χ0n) is 16.4. The van der Waals surface area contributed by atoms with Crippen LogP contribution in [0.4, 0.5) is 13.2 Å². The molecule has 1 aliphatic heterocycles. The number of aldehydes is 1. The Labute approximate surface area is 171 Å². The minimum absolute atomic E-state index is 0.102. The minimum atomic E-state index is -1.49. The van der Waals surface area contributed by atoms with Crippen LogP contribution in [0.3, 0.4) is 0 Å². The lowest BCUT2D eigenvalue weighted by Crippen LogP contribution is -2.59. The van der Waals surface area contributed by atoms with Crippen LogP contribution in [0.2, 0.25) is 0 Å². The van der Waals surface area contributed by atoms with Crippen LogP contribution in [0.5, 0.6) is 11.6 Å². The monoisotopic (exact) mass is 422 g/mol. The van der Waals surface area contributed by atoms with Gasteiger partial charge in [-0.15, -0.1) is 0 Å². The van der Waals surface area contributed by atoms with E-state index in [1.165, 1.54) is 17.2 Å². The molecule has 30 heavy (non-hydrogen) atoms. The number of halogens is 3. The summed E-state index contributed by atoms with van der Waals surface area (Å²) < 4.78 is 54.0. The largest absolute Gasteiger partial charge is 0.433 e. The second-order valence-corrected chi connectivity index (χ2v) is 7.08. The standard InChI is InChI=1S/C20H21F3N4O3/c1-27(2)19(24)26-20(11-29-7-5-12(20)10-28)13-8-17(16(23)9-15(13)22)30-18-14(21)4-3-6-25-18/h3-4,6,8-10,12H,5,7,11H2,1-2H3,(H2,24,26). The van der Waals surface area contributed by atoms with Crippen molar-refractivity contribution in [2.24, 2.45) is 5.92 Å². The van der Waals surface area contributed by atoms with Crippen molar-refractivity contribution in [3.63, 3.8) is 0 Å². The Balaban J connectivity index is 2.12. The van der Waals surface area contributed by atoms with E-state index in [0.717, 1.165) is 12.1 Å². The predicted octanol–water partition coefficient (Wildman–Crippen LogP) is 2.81. The molecule has 1 aromatic carbocycles. The summed E-state index contributed by atoms with van der Waals surface area (Å²) in [7, 11) is 3.20. The third-order valence-corrected chi connectivity index (χ3v) is 4.92. The molecule has 2 unspecified atom stereocenters. The van der Waals surface area contributed by atoms with Crippen molar-refractivity contribution in [3.8, 4) is 11.6 Å². The van der Waals surface area contributed by atoms with Gasteiger partial charge in [-0.1, -0.05) is 0 Å². The molecule has 2 N–H and O–H groups in total. The van der Waals surface area contributed by atoms with Gasteiger partial charge in [-0.05, 0) is 24.6 Å². The molecule has 1 saturated heterocycles. The third-order valence-electron chi connectivity index (χ3n) is 4.92. The van der Waals surface area contributed by atoms with Crippen LogP contribution in [0.15, 0.2) is 30.5 Å². The van der Waals surface area contributed by atoms with Crippen LogP contribution < -0.4 is 10.1 Å². The van der Waals surface area contributed by atoms with Crippen LogP contribution in [0, 0.1) is 28.8 Å². The van der Waals surface area contributed by atoms with E-state index in [1.807, 2.05) is 0 Å². The molecule has 0 bridgehead atoms. The van der Waals surface area contributed by atoms with Gasteiger partial charge >= 0.3 is 0 Å². The van der Waals surface area contributed by atoms with Crippen molar-refractivity contribution >= 4 is 12.2 Å². The van der Waals surface area contributed by atoms with Gasteiger partial charge < -0.3 is 24.5 Å². The normalized spacial score (nSPS) is 21.0. The fourth-order valence-electron chi connectivity index (χ4n) is 3.28. The highest BCUT2D eigenvalue weighted by Gasteiger charge is 2.46. The Hall–Kier alpha value is -3.14. The van der Waals surface area contributed by atoms with Crippen LogP contribution in [-0.4, -0.2) is 49.4 Å². The van der Waals surface area contributed by atoms with Crippen molar-refractivity contribution in [2.45, 2.75) is 12.0 Å². The van der Waals surface area contributed by atoms with E-state index in [0.29, 0.717) is 12.4 Å². The number of guanidine groups is 1. The lowest BCUT2D eigenvalue weighted by molar-refractivity contribution is -0.119. The molecule has 0 spiro atoms. The molecule has 2 atom stereocenters. The highest BCUT2D eigenvalue weighted by Crippen LogP contribution is 2.39. The first-order chi connectivity index (χ1) is 14.3. The van der Waals surface area contributed by atoms with Gasteiger partial charge in [0.25, 0.3) is 5.88 Å². The van der Waals surface area contributed by atoms with Crippen LogP contribution >= 0.6 is 0 Å². The van der Waals surface area contributed by atoms with Gasteiger partial charge in [0, 0.05) is 44.4 Å². The smallest absolute Gasteiger partial charge is 0.255 e. The molecule has 10 heteroatoms.